The third-order valence-corrected chi connectivity index (χ3v) is 5.84. The van der Waals surface area contributed by atoms with Gasteiger partial charge in [0.15, 0.2) is 5.65 Å². The summed E-state index contributed by atoms with van der Waals surface area (Å²) in [6.07, 6.45) is 13.0. The molecule has 2 fully saturated rings. The first-order valence-electron chi connectivity index (χ1n) is 11.1. The number of anilines is 1. The first kappa shape index (κ1) is 21.2. The Morgan fingerprint density at radius 1 is 1.06 bits per heavy atom. The number of halogens is 1. The molecule has 3 aromatic heterocycles. The van der Waals surface area contributed by atoms with Crippen molar-refractivity contribution in [2.24, 2.45) is 0 Å². The molecule has 0 aromatic carbocycles. The Bertz CT molecular complexity index is 986. The van der Waals surface area contributed by atoms with Crippen molar-refractivity contribution < 1.29 is 9.18 Å². The normalized spacial score (nSPS) is 16.8. The minimum Gasteiger partial charge on any atom is -0.357 e. The van der Waals surface area contributed by atoms with E-state index in [0.717, 1.165) is 37.4 Å². The van der Waals surface area contributed by atoms with Crippen LogP contribution in [0, 0.1) is 12.7 Å². The van der Waals surface area contributed by atoms with Gasteiger partial charge in [-0.05, 0) is 50.8 Å². The maximum atomic E-state index is 12.6. The number of aryl methyl sites for hydroxylation is 1. The van der Waals surface area contributed by atoms with Crippen molar-refractivity contribution >= 4 is 17.4 Å². The maximum Gasteiger partial charge on any atom is 0.256 e. The van der Waals surface area contributed by atoms with Gasteiger partial charge in [0.25, 0.3) is 5.91 Å². The van der Waals surface area contributed by atoms with Crippen molar-refractivity contribution in [1.82, 2.24) is 24.9 Å². The molecule has 7 nitrogen and oxygen atoms in total. The summed E-state index contributed by atoms with van der Waals surface area (Å²) in [7, 11) is 0. The third-order valence-electron chi connectivity index (χ3n) is 5.84. The van der Waals surface area contributed by atoms with Crippen LogP contribution >= 0.6 is 0 Å². The molecule has 1 amide bonds. The zero-order chi connectivity index (χ0) is 21.6. The van der Waals surface area contributed by atoms with Crippen LogP contribution in [0.5, 0.6) is 0 Å². The van der Waals surface area contributed by atoms with E-state index in [-0.39, 0.29) is 11.7 Å². The van der Waals surface area contributed by atoms with E-state index in [2.05, 4.69) is 20.3 Å². The molecule has 5 rings (SSSR count). The van der Waals surface area contributed by atoms with Crippen LogP contribution in [0.3, 0.4) is 0 Å². The summed E-state index contributed by atoms with van der Waals surface area (Å²) in [5.41, 5.74) is 2.07. The van der Waals surface area contributed by atoms with Crippen molar-refractivity contribution in [2.45, 2.75) is 57.9 Å². The highest BCUT2D eigenvalue weighted by Crippen LogP contribution is 2.21. The summed E-state index contributed by atoms with van der Waals surface area (Å²) in [5, 5.41) is 7.43. The fourth-order valence-corrected chi connectivity index (χ4v) is 4.10. The number of amides is 1. The van der Waals surface area contributed by atoms with Crippen molar-refractivity contribution in [3.63, 3.8) is 0 Å². The lowest BCUT2D eigenvalue weighted by atomic mass is 9.95. The van der Waals surface area contributed by atoms with Gasteiger partial charge in [0.05, 0.1) is 12.4 Å². The average Bonchev–Trinajstić information content (AvgIpc) is 3.46. The van der Waals surface area contributed by atoms with Crippen LogP contribution in [-0.2, 0) is 0 Å². The zero-order valence-electron chi connectivity index (χ0n) is 17.9. The molecule has 8 heteroatoms. The highest BCUT2D eigenvalue weighted by Gasteiger charge is 2.21. The van der Waals surface area contributed by atoms with Crippen LogP contribution in [0.15, 0.2) is 36.8 Å². The van der Waals surface area contributed by atoms with E-state index in [9.17, 15) is 9.18 Å². The van der Waals surface area contributed by atoms with Crippen LogP contribution in [0.2, 0.25) is 0 Å². The molecule has 31 heavy (non-hydrogen) atoms. The molecule has 0 spiro atoms. The number of carbonyl (C=O) groups is 1. The van der Waals surface area contributed by atoms with Crippen LogP contribution in [0.4, 0.5) is 10.2 Å². The SMILES string of the molecule is Cc1ccc(F)cn1.O=C(NC1CCCCC1)c1cnn2ccc(N3CCCC3)nc12. The molecule has 1 aliphatic carbocycles. The molecular formula is C23H29FN6O. The van der Waals surface area contributed by atoms with E-state index in [1.165, 1.54) is 44.4 Å². The Morgan fingerprint density at radius 3 is 2.52 bits per heavy atom. The Balaban J connectivity index is 0.000000245. The highest BCUT2D eigenvalue weighted by atomic mass is 19.1. The van der Waals surface area contributed by atoms with Crippen molar-refractivity contribution in [2.75, 3.05) is 18.0 Å². The topological polar surface area (TPSA) is 75.4 Å². The summed E-state index contributed by atoms with van der Waals surface area (Å²) in [6, 6.07) is 5.30. The third kappa shape index (κ3) is 5.37. The van der Waals surface area contributed by atoms with Gasteiger partial charge in [-0.25, -0.2) is 13.9 Å². The lowest BCUT2D eigenvalue weighted by Crippen LogP contribution is -2.36. The molecule has 164 valence electrons. The van der Waals surface area contributed by atoms with Gasteiger partial charge in [0, 0.05) is 31.0 Å². The van der Waals surface area contributed by atoms with Gasteiger partial charge in [-0.1, -0.05) is 19.3 Å². The van der Waals surface area contributed by atoms with E-state index in [0.29, 0.717) is 17.3 Å². The predicted octanol–water partition coefficient (Wildman–Crippen LogP) is 3.92. The van der Waals surface area contributed by atoms with E-state index in [1.54, 1.807) is 16.8 Å². The summed E-state index contributed by atoms with van der Waals surface area (Å²) < 4.78 is 13.7. The quantitative estimate of drug-likeness (QED) is 0.690. The van der Waals surface area contributed by atoms with Crippen LogP contribution in [0.1, 0.15) is 61.0 Å². The molecule has 0 radical (unpaired) electrons. The first-order chi connectivity index (χ1) is 15.1. The number of hydrogen-bond donors (Lipinski definition) is 1. The summed E-state index contributed by atoms with van der Waals surface area (Å²) in [4.78, 5) is 23.3. The molecule has 3 aromatic rings. The number of carbonyl (C=O) groups excluding carboxylic acids is 1. The molecule has 2 aliphatic rings. The van der Waals surface area contributed by atoms with Gasteiger partial charge >= 0.3 is 0 Å². The van der Waals surface area contributed by atoms with Gasteiger partial charge in [-0.2, -0.15) is 5.10 Å². The molecule has 0 atom stereocenters. The summed E-state index contributed by atoms with van der Waals surface area (Å²) >= 11 is 0. The number of rotatable bonds is 3. The Morgan fingerprint density at radius 2 is 1.84 bits per heavy atom. The lowest BCUT2D eigenvalue weighted by molar-refractivity contribution is 0.0929. The molecule has 1 N–H and O–H groups in total. The first-order valence-corrected chi connectivity index (χ1v) is 11.1. The second kappa shape index (κ2) is 9.85. The average molecular weight is 425 g/mol. The van der Waals surface area contributed by atoms with Crippen LogP contribution in [-0.4, -0.2) is 44.6 Å². The maximum absolute atomic E-state index is 12.6. The zero-order valence-corrected chi connectivity index (χ0v) is 17.9. The largest absolute Gasteiger partial charge is 0.357 e. The van der Waals surface area contributed by atoms with E-state index in [1.807, 2.05) is 19.2 Å². The standard InChI is InChI=1S/C17H23N5O.C6H6FN/c23-17(19-13-6-2-1-3-7-13)14-12-18-22-11-8-15(20-16(14)22)21-9-4-5-10-21;1-5-2-3-6(7)4-8-5/h8,11-13H,1-7,9-10H2,(H,19,23);2-4H,1H3. The molecular weight excluding hydrogens is 395 g/mol. The van der Waals surface area contributed by atoms with E-state index < -0.39 is 0 Å². The molecule has 0 unspecified atom stereocenters. The lowest BCUT2D eigenvalue weighted by Gasteiger charge is -2.22. The molecule has 1 saturated carbocycles. The summed E-state index contributed by atoms with van der Waals surface area (Å²) in [6.45, 7) is 3.90. The van der Waals surface area contributed by atoms with Gasteiger partial charge in [-0.3, -0.25) is 9.78 Å². The second-order valence-corrected chi connectivity index (χ2v) is 8.23. The fraction of sp³-hybridized carbons (Fsp3) is 0.478. The number of nitrogens with one attached hydrogen (secondary N) is 1. The minimum atomic E-state index is -0.282. The number of fused-ring (bicyclic) bond motifs is 1. The van der Waals surface area contributed by atoms with E-state index >= 15 is 0 Å². The number of hydrogen-bond acceptors (Lipinski definition) is 5. The second-order valence-electron chi connectivity index (χ2n) is 8.23. The minimum absolute atomic E-state index is 0.0435. The number of aromatic nitrogens is 4. The van der Waals surface area contributed by atoms with Crippen molar-refractivity contribution in [3.05, 3.63) is 53.9 Å². The highest BCUT2D eigenvalue weighted by molar-refractivity contribution is 5.99. The molecule has 1 aliphatic heterocycles. The van der Waals surface area contributed by atoms with Gasteiger partial charge < -0.3 is 10.2 Å². The monoisotopic (exact) mass is 424 g/mol. The smallest absolute Gasteiger partial charge is 0.256 e. The number of pyridine rings is 1. The van der Waals surface area contributed by atoms with Crippen molar-refractivity contribution in [3.8, 4) is 0 Å². The molecule has 4 heterocycles. The molecule has 0 bridgehead atoms. The van der Waals surface area contributed by atoms with Crippen molar-refractivity contribution in [1.29, 1.82) is 0 Å². The predicted molar refractivity (Wildman–Crippen MR) is 118 cm³/mol. The Kier molecular flexibility index (Phi) is 6.74. The summed E-state index contributed by atoms with van der Waals surface area (Å²) in [5.74, 6) is 0.621. The van der Waals surface area contributed by atoms with E-state index in [4.69, 9.17) is 4.98 Å². The van der Waals surface area contributed by atoms with Gasteiger partial charge in [-0.15, -0.1) is 0 Å². The van der Waals surface area contributed by atoms with Gasteiger partial charge in [0.2, 0.25) is 0 Å². The van der Waals surface area contributed by atoms with Crippen LogP contribution in [0.25, 0.3) is 5.65 Å². The Labute approximate surface area is 181 Å². The van der Waals surface area contributed by atoms with Crippen LogP contribution < -0.4 is 10.2 Å². The Hall–Kier alpha value is -3.03. The van der Waals surface area contributed by atoms with Gasteiger partial charge in [0.1, 0.15) is 17.2 Å². The number of nitrogens with zero attached hydrogens (tertiary/aromatic N) is 5. The molecule has 1 saturated heterocycles. The fourth-order valence-electron chi connectivity index (χ4n) is 4.10.